The van der Waals surface area contributed by atoms with Gasteiger partial charge >= 0.3 is 0 Å². The zero-order chi connectivity index (χ0) is 13.8. The largest absolute Gasteiger partial charge is 0.364 e. The third kappa shape index (κ3) is 2.95. The molecule has 1 atom stereocenters. The maximum Gasteiger partial charge on any atom is 0.269 e. The van der Waals surface area contributed by atoms with E-state index in [0.29, 0.717) is 11.3 Å². The van der Waals surface area contributed by atoms with E-state index in [2.05, 4.69) is 4.98 Å². The Bertz CT molecular complexity index is 595. The Morgan fingerprint density at radius 3 is 2.53 bits per heavy atom. The number of H-pyrrole nitrogens is 1. The predicted molar refractivity (Wildman–Crippen MR) is 67.6 cm³/mol. The third-order valence-electron chi connectivity index (χ3n) is 2.81. The van der Waals surface area contributed by atoms with Crippen LogP contribution in [-0.2, 0) is 0 Å². The number of aromatic nitrogens is 1. The number of nitrogens with one attached hydrogen (secondary N) is 1. The van der Waals surface area contributed by atoms with E-state index in [1.54, 1.807) is 24.4 Å². The Balaban J connectivity index is 2.40. The summed E-state index contributed by atoms with van der Waals surface area (Å²) in [7, 11) is 0. The summed E-state index contributed by atoms with van der Waals surface area (Å²) in [5.41, 5.74) is 1.14. The smallest absolute Gasteiger partial charge is 0.269 e. The number of nitro benzene ring substituents is 1. The van der Waals surface area contributed by atoms with Gasteiger partial charge in [-0.15, -0.1) is 0 Å². The van der Waals surface area contributed by atoms with Gasteiger partial charge in [0.1, 0.15) is 0 Å². The van der Waals surface area contributed by atoms with Crippen LogP contribution in [0.3, 0.4) is 0 Å². The second kappa shape index (κ2) is 5.30. The van der Waals surface area contributed by atoms with Crippen molar-refractivity contribution in [3.63, 3.8) is 0 Å². The van der Waals surface area contributed by atoms with E-state index in [4.69, 9.17) is 0 Å². The lowest BCUT2D eigenvalue weighted by molar-refractivity contribution is -0.482. The van der Waals surface area contributed by atoms with Crippen LogP contribution in [0.1, 0.15) is 17.2 Å². The molecule has 0 amide bonds. The van der Waals surface area contributed by atoms with Crippen molar-refractivity contribution >= 4 is 5.69 Å². The highest BCUT2D eigenvalue weighted by Crippen LogP contribution is 2.26. The van der Waals surface area contributed by atoms with Gasteiger partial charge in [-0.2, -0.15) is 0 Å². The average Bonchev–Trinajstić information content (AvgIpc) is 2.89. The van der Waals surface area contributed by atoms with Gasteiger partial charge in [0.2, 0.25) is 6.54 Å². The van der Waals surface area contributed by atoms with E-state index in [9.17, 15) is 20.2 Å². The van der Waals surface area contributed by atoms with Crippen molar-refractivity contribution < 1.29 is 9.85 Å². The molecular formula is C12H11N3O4. The first-order chi connectivity index (χ1) is 9.08. The van der Waals surface area contributed by atoms with Crippen LogP contribution in [0.4, 0.5) is 5.69 Å². The molecule has 2 rings (SSSR count). The summed E-state index contributed by atoms with van der Waals surface area (Å²) >= 11 is 0. The summed E-state index contributed by atoms with van der Waals surface area (Å²) in [4.78, 5) is 23.5. The highest BCUT2D eigenvalue weighted by Gasteiger charge is 2.22. The number of benzene rings is 1. The normalized spacial score (nSPS) is 12.0. The summed E-state index contributed by atoms with van der Waals surface area (Å²) in [6.07, 6.45) is 1.67. The van der Waals surface area contributed by atoms with Gasteiger partial charge < -0.3 is 4.98 Å². The second-order valence-electron chi connectivity index (χ2n) is 4.05. The van der Waals surface area contributed by atoms with Crippen LogP contribution >= 0.6 is 0 Å². The minimum atomic E-state index is -0.523. The van der Waals surface area contributed by atoms with Gasteiger partial charge in [-0.25, -0.2) is 0 Å². The van der Waals surface area contributed by atoms with E-state index in [1.165, 1.54) is 18.2 Å². The first-order valence-electron chi connectivity index (χ1n) is 5.57. The number of rotatable bonds is 5. The third-order valence-corrected chi connectivity index (χ3v) is 2.81. The average molecular weight is 261 g/mol. The van der Waals surface area contributed by atoms with Gasteiger partial charge in [-0.05, 0) is 17.7 Å². The maximum atomic E-state index is 10.8. The molecule has 2 aromatic rings. The maximum absolute atomic E-state index is 10.8. The number of aromatic amines is 1. The lowest BCUT2D eigenvalue weighted by Gasteiger charge is -2.11. The van der Waals surface area contributed by atoms with Crippen LogP contribution in [0.15, 0.2) is 42.6 Å². The van der Waals surface area contributed by atoms with Crippen LogP contribution in [0.2, 0.25) is 0 Å². The number of hydrogen-bond donors (Lipinski definition) is 1. The van der Waals surface area contributed by atoms with E-state index in [1.807, 2.05) is 0 Å². The van der Waals surface area contributed by atoms with Gasteiger partial charge in [0.15, 0.2) is 0 Å². The van der Waals surface area contributed by atoms with Crippen molar-refractivity contribution in [2.45, 2.75) is 5.92 Å². The van der Waals surface area contributed by atoms with Crippen molar-refractivity contribution in [1.29, 1.82) is 0 Å². The van der Waals surface area contributed by atoms with E-state index < -0.39 is 15.8 Å². The molecule has 1 aromatic carbocycles. The molecule has 98 valence electrons. The van der Waals surface area contributed by atoms with Crippen molar-refractivity contribution in [2.75, 3.05) is 6.54 Å². The fourth-order valence-electron chi connectivity index (χ4n) is 1.95. The van der Waals surface area contributed by atoms with E-state index in [0.717, 1.165) is 0 Å². The van der Waals surface area contributed by atoms with Crippen molar-refractivity contribution in [3.8, 4) is 0 Å². The molecule has 19 heavy (non-hydrogen) atoms. The molecule has 1 heterocycles. The SMILES string of the molecule is O=[N+]([O-])CC(c1cccc([N+](=O)[O-])c1)c1ccc[nH]1. The number of hydrogen-bond acceptors (Lipinski definition) is 4. The second-order valence-corrected chi connectivity index (χ2v) is 4.05. The predicted octanol–water partition coefficient (Wildman–Crippen LogP) is 2.33. The molecule has 0 spiro atoms. The van der Waals surface area contributed by atoms with Crippen LogP contribution in [0.5, 0.6) is 0 Å². The number of nitrogens with zero attached hydrogens (tertiary/aromatic N) is 2. The highest BCUT2D eigenvalue weighted by atomic mass is 16.6. The fourth-order valence-corrected chi connectivity index (χ4v) is 1.95. The summed E-state index contributed by atoms with van der Waals surface area (Å²) < 4.78 is 0. The Kier molecular flexibility index (Phi) is 3.56. The summed E-state index contributed by atoms with van der Waals surface area (Å²) in [5, 5.41) is 21.5. The van der Waals surface area contributed by atoms with Crippen molar-refractivity contribution in [1.82, 2.24) is 4.98 Å². The number of nitro groups is 2. The first-order valence-corrected chi connectivity index (χ1v) is 5.57. The summed E-state index contributed by atoms with van der Waals surface area (Å²) in [6, 6.07) is 9.38. The highest BCUT2D eigenvalue weighted by molar-refractivity contribution is 5.39. The number of non-ortho nitro benzene ring substituents is 1. The van der Waals surface area contributed by atoms with Gasteiger partial charge in [0, 0.05) is 28.9 Å². The zero-order valence-corrected chi connectivity index (χ0v) is 9.85. The molecule has 1 aromatic heterocycles. The van der Waals surface area contributed by atoms with Crippen LogP contribution in [0.25, 0.3) is 0 Å². The molecule has 7 nitrogen and oxygen atoms in total. The van der Waals surface area contributed by atoms with Crippen LogP contribution < -0.4 is 0 Å². The van der Waals surface area contributed by atoms with Gasteiger partial charge in [0.05, 0.1) is 10.8 Å². The molecule has 0 radical (unpaired) electrons. The minimum absolute atomic E-state index is 0.0718. The Morgan fingerprint density at radius 2 is 1.95 bits per heavy atom. The molecule has 7 heteroatoms. The Labute approximate surface area is 108 Å². The molecular weight excluding hydrogens is 250 g/mol. The molecule has 0 aliphatic rings. The molecule has 1 N–H and O–H groups in total. The Morgan fingerprint density at radius 1 is 1.16 bits per heavy atom. The zero-order valence-electron chi connectivity index (χ0n) is 9.85. The molecule has 0 bridgehead atoms. The first kappa shape index (κ1) is 12.7. The molecule has 0 fully saturated rings. The molecule has 0 aliphatic heterocycles. The molecule has 0 aliphatic carbocycles. The van der Waals surface area contributed by atoms with Gasteiger partial charge in [-0.1, -0.05) is 12.1 Å². The summed E-state index contributed by atoms with van der Waals surface area (Å²) in [6.45, 7) is -0.318. The fraction of sp³-hybridized carbons (Fsp3) is 0.167. The van der Waals surface area contributed by atoms with Crippen LogP contribution in [0, 0.1) is 20.2 Å². The standard InChI is InChI=1S/C12H11N3O4/c16-14(17)8-11(12-5-2-6-13-12)9-3-1-4-10(7-9)15(18)19/h1-7,11,13H,8H2. The topological polar surface area (TPSA) is 102 Å². The molecule has 0 saturated heterocycles. The summed E-state index contributed by atoms with van der Waals surface area (Å²) in [5.74, 6) is -0.523. The lowest BCUT2D eigenvalue weighted by atomic mass is 9.95. The van der Waals surface area contributed by atoms with Crippen molar-refractivity contribution in [3.05, 3.63) is 74.1 Å². The van der Waals surface area contributed by atoms with E-state index >= 15 is 0 Å². The van der Waals surface area contributed by atoms with Crippen molar-refractivity contribution in [2.24, 2.45) is 0 Å². The lowest BCUT2D eigenvalue weighted by Crippen LogP contribution is -2.14. The van der Waals surface area contributed by atoms with E-state index in [-0.39, 0.29) is 12.2 Å². The minimum Gasteiger partial charge on any atom is -0.364 e. The van der Waals surface area contributed by atoms with Crippen LogP contribution in [-0.4, -0.2) is 21.4 Å². The quantitative estimate of drug-likeness (QED) is 0.659. The van der Waals surface area contributed by atoms with Gasteiger partial charge in [0.25, 0.3) is 5.69 Å². The Hall–Kier alpha value is -2.70. The van der Waals surface area contributed by atoms with Gasteiger partial charge in [-0.3, -0.25) is 20.2 Å². The monoisotopic (exact) mass is 261 g/mol. The molecule has 1 unspecified atom stereocenters. The molecule has 0 saturated carbocycles.